The molecule has 6 nitrogen and oxygen atoms in total. The number of nitrogens with one attached hydrogen (secondary N) is 1. The second-order valence-electron chi connectivity index (χ2n) is 7.91. The van der Waals surface area contributed by atoms with Crippen molar-refractivity contribution in [3.63, 3.8) is 0 Å². The van der Waals surface area contributed by atoms with Crippen molar-refractivity contribution < 1.29 is 27.1 Å². The summed E-state index contributed by atoms with van der Waals surface area (Å²) in [5.74, 6) is -0.349. The number of nitrogens with zero attached hydrogens (tertiary/aromatic N) is 2. The minimum absolute atomic E-state index is 0.0419. The molecule has 1 aromatic heterocycles. The molecule has 0 saturated carbocycles. The van der Waals surface area contributed by atoms with E-state index < -0.39 is 17.6 Å². The number of aromatic nitrogens is 1. The maximum atomic E-state index is 13.3. The number of ether oxygens (including phenoxy) is 1. The summed E-state index contributed by atoms with van der Waals surface area (Å²) in [6.07, 6.45) is -4.61. The average Bonchev–Trinajstić information content (AvgIpc) is 3.29. The first-order chi connectivity index (χ1) is 16.7. The predicted octanol–water partition coefficient (Wildman–Crippen LogP) is 6.35. The Morgan fingerprint density at radius 3 is 2.26 bits per heavy atom. The standard InChI is InChI=1S/C26H22F3N3O3/c1-32(2)20-11-9-16(10-12-20)23-22(31-25(35-23)17-7-5-4-6-8-17)24(33)30-19-13-18(26(27,28)29)14-21(15-19)34-3/h4-15H,1-3H3,(H,30,33). The minimum atomic E-state index is -4.61. The third-order valence-electron chi connectivity index (χ3n) is 5.24. The zero-order valence-electron chi connectivity index (χ0n) is 19.2. The Hall–Kier alpha value is -4.27. The van der Waals surface area contributed by atoms with Gasteiger partial charge in [0.05, 0.1) is 12.7 Å². The van der Waals surface area contributed by atoms with Crippen molar-refractivity contribution in [1.82, 2.24) is 4.98 Å². The Morgan fingerprint density at radius 2 is 1.66 bits per heavy atom. The summed E-state index contributed by atoms with van der Waals surface area (Å²) in [6.45, 7) is 0. The summed E-state index contributed by atoms with van der Waals surface area (Å²) in [5.41, 5.74) is 1.10. The third-order valence-corrected chi connectivity index (χ3v) is 5.24. The van der Waals surface area contributed by atoms with E-state index in [9.17, 15) is 18.0 Å². The molecule has 1 N–H and O–H groups in total. The van der Waals surface area contributed by atoms with Gasteiger partial charge in [-0.05, 0) is 48.5 Å². The van der Waals surface area contributed by atoms with Crippen molar-refractivity contribution in [1.29, 1.82) is 0 Å². The van der Waals surface area contributed by atoms with Gasteiger partial charge in [0, 0.05) is 42.7 Å². The van der Waals surface area contributed by atoms with Gasteiger partial charge in [-0.15, -0.1) is 0 Å². The van der Waals surface area contributed by atoms with Gasteiger partial charge in [0.1, 0.15) is 5.75 Å². The van der Waals surface area contributed by atoms with Crippen LogP contribution in [-0.4, -0.2) is 32.1 Å². The normalized spacial score (nSPS) is 11.3. The van der Waals surface area contributed by atoms with E-state index in [1.165, 1.54) is 13.2 Å². The Bertz CT molecular complexity index is 1330. The molecule has 0 aliphatic heterocycles. The molecule has 180 valence electrons. The topological polar surface area (TPSA) is 67.6 Å². The molecule has 0 saturated heterocycles. The average molecular weight is 481 g/mol. The molecule has 4 rings (SSSR count). The summed E-state index contributed by atoms with van der Waals surface area (Å²) >= 11 is 0. The summed E-state index contributed by atoms with van der Waals surface area (Å²) in [5, 5.41) is 2.50. The van der Waals surface area contributed by atoms with Gasteiger partial charge in [-0.3, -0.25) is 4.79 Å². The number of amides is 1. The molecular weight excluding hydrogens is 459 g/mol. The molecule has 9 heteroatoms. The molecule has 0 aliphatic rings. The van der Waals surface area contributed by atoms with E-state index in [1.54, 1.807) is 36.4 Å². The van der Waals surface area contributed by atoms with E-state index in [2.05, 4.69) is 10.3 Å². The molecule has 0 atom stereocenters. The van der Waals surface area contributed by atoms with Crippen LogP contribution in [0.2, 0.25) is 0 Å². The van der Waals surface area contributed by atoms with Crippen LogP contribution >= 0.6 is 0 Å². The largest absolute Gasteiger partial charge is 0.497 e. The number of methoxy groups -OCH3 is 1. The monoisotopic (exact) mass is 481 g/mol. The molecular formula is C26H22F3N3O3. The number of hydrogen-bond donors (Lipinski definition) is 1. The third kappa shape index (κ3) is 5.29. The summed E-state index contributed by atoms with van der Waals surface area (Å²) in [7, 11) is 5.05. The summed E-state index contributed by atoms with van der Waals surface area (Å²) in [4.78, 5) is 19.5. The van der Waals surface area contributed by atoms with Crippen molar-refractivity contribution >= 4 is 17.3 Å². The van der Waals surface area contributed by atoms with Crippen LogP contribution in [0.1, 0.15) is 16.1 Å². The van der Waals surface area contributed by atoms with E-state index in [0.717, 1.165) is 17.8 Å². The zero-order valence-corrected chi connectivity index (χ0v) is 19.2. The van der Waals surface area contributed by atoms with Crippen LogP contribution in [0, 0.1) is 0 Å². The fourth-order valence-corrected chi connectivity index (χ4v) is 3.43. The van der Waals surface area contributed by atoms with Crippen LogP contribution in [0.25, 0.3) is 22.8 Å². The molecule has 0 fully saturated rings. The lowest BCUT2D eigenvalue weighted by Gasteiger charge is -2.13. The smallest absolute Gasteiger partial charge is 0.416 e. The van der Waals surface area contributed by atoms with Crippen molar-refractivity contribution in [2.24, 2.45) is 0 Å². The van der Waals surface area contributed by atoms with E-state index in [0.29, 0.717) is 11.1 Å². The number of carbonyl (C=O) groups excluding carboxylic acids is 1. The van der Waals surface area contributed by atoms with Gasteiger partial charge in [-0.2, -0.15) is 13.2 Å². The summed E-state index contributed by atoms with van der Waals surface area (Å²) in [6, 6.07) is 19.3. The van der Waals surface area contributed by atoms with E-state index in [1.807, 2.05) is 37.2 Å². The molecule has 0 bridgehead atoms. The number of rotatable bonds is 6. The lowest BCUT2D eigenvalue weighted by Crippen LogP contribution is -2.15. The highest BCUT2D eigenvalue weighted by Crippen LogP contribution is 2.35. The van der Waals surface area contributed by atoms with Crippen molar-refractivity contribution in [2.75, 3.05) is 31.4 Å². The maximum Gasteiger partial charge on any atom is 0.416 e. The Morgan fingerprint density at radius 1 is 0.971 bits per heavy atom. The molecule has 0 spiro atoms. The van der Waals surface area contributed by atoms with Crippen LogP contribution in [-0.2, 0) is 6.18 Å². The number of oxazole rings is 1. The van der Waals surface area contributed by atoms with Crippen molar-refractivity contribution in [3.8, 4) is 28.5 Å². The van der Waals surface area contributed by atoms with E-state index in [-0.39, 0.29) is 28.8 Å². The number of benzene rings is 3. The van der Waals surface area contributed by atoms with Gasteiger partial charge in [-0.25, -0.2) is 4.98 Å². The van der Waals surface area contributed by atoms with E-state index in [4.69, 9.17) is 9.15 Å². The summed E-state index contributed by atoms with van der Waals surface area (Å²) < 4.78 is 50.9. The second kappa shape index (κ2) is 9.54. The Labute approximate surface area is 200 Å². The minimum Gasteiger partial charge on any atom is -0.497 e. The number of anilines is 2. The number of alkyl halides is 3. The highest BCUT2D eigenvalue weighted by atomic mass is 19.4. The fourth-order valence-electron chi connectivity index (χ4n) is 3.43. The number of hydrogen-bond acceptors (Lipinski definition) is 5. The van der Waals surface area contributed by atoms with Gasteiger partial charge in [0.2, 0.25) is 5.89 Å². The molecule has 1 heterocycles. The van der Waals surface area contributed by atoms with Crippen LogP contribution in [0.4, 0.5) is 24.5 Å². The first kappa shape index (κ1) is 23.9. The Kier molecular flexibility index (Phi) is 6.50. The Balaban J connectivity index is 1.75. The van der Waals surface area contributed by atoms with Gasteiger partial charge in [0.15, 0.2) is 11.5 Å². The first-order valence-corrected chi connectivity index (χ1v) is 10.6. The molecule has 0 aliphatic carbocycles. The first-order valence-electron chi connectivity index (χ1n) is 10.6. The van der Waals surface area contributed by atoms with Crippen LogP contribution < -0.4 is 15.0 Å². The lowest BCUT2D eigenvalue weighted by atomic mass is 10.1. The molecule has 0 unspecified atom stereocenters. The molecule has 0 radical (unpaired) electrons. The number of carbonyl (C=O) groups is 1. The molecule has 1 amide bonds. The maximum absolute atomic E-state index is 13.3. The SMILES string of the molecule is COc1cc(NC(=O)c2nc(-c3ccccc3)oc2-c2ccc(N(C)C)cc2)cc(C(F)(F)F)c1. The van der Waals surface area contributed by atoms with Gasteiger partial charge < -0.3 is 19.4 Å². The lowest BCUT2D eigenvalue weighted by molar-refractivity contribution is -0.137. The predicted molar refractivity (Wildman–Crippen MR) is 128 cm³/mol. The second-order valence-corrected chi connectivity index (χ2v) is 7.91. The quantitative estimate of drug-likeness (QED) is 0.347. The van der Waals surface area contributed by atoms with Crippen molar-refractivity contribution in [2.45, 2.75) is 6.18 Å². The zero-order chi connectivity index (χ0) is 25.2. The fraction of sp³-hybridized carbons (Fsp3) is 0.154. The van der Waals surface area contributed by atoms with Crippen LogP contribution in [0.3, 0.4) is 0 Å². The van der Waals surface area contributed by atoms with Crippen molar-refractivity contribution in [3.05, 3.63) is 84.1 Å². The van der Waals surface area contributed by atoms with Gasteiger partial charge in [0.25, 0.3) is 5.91 Å². The molecule has 35 heavy (non-hydrogen) atoms. The van der Waals surface area contributed by atoms with Gasteiger partial charge >= 0.3 is 6.18 Å². The molecule has 4 aromatic rings. The van der Waals surface area contributed by atoms with Gasteiger partial charge in [-0.1, -0.05) is 18.2 Å². The highest BCUT2D eigenvalue weighted by molar-refractivity contribution is 6.07. The van der Waals surface area contributed by atoms with E-state index >= 15 is 0 Å². The van der Waals surface area contributed by atoms with Crippen LogP contribution in [0.15, 0.2) is 77.2 Å². The molecule has 3 aromatic carbocycles. The highest BCUT2D eigenvalue weighted by Gasteiger charge is 2.32. The number of halogens is 3. The van der Waals surface area contributed by atoms with Crippen LogP contribution in [0.5, 0.6) is 5.75 Å².